The van der Waals surface area contributed by atoms with E-state index in [0.717, 1.165) is 33.6 Å². The number of carbonyl (C=O) groups excluding carboxylic acids is 4. The molecule has 2 atom stereocenters. The first kappa shape index (κ1) is 37.3. The first-order valence-electron chi connectivity index (χ1n) is 15.9. The number of esters is 1. The summed E-state index contributed by atoms with van der Waals surface area (Å²) in [6.07, 6.45) is -0.365. The highest BCUT2D eigenvalue weighted by atomic mass is 32.2. The lowest BCUT2D eigenvalue weighted by Gasteiger charge is -2.49. The number of benzene rings is 2. The number of hydrogen-bond donors (Lipinski definition) is 3. The first-order chi connectivity index (χ1) is 24.3. The van der Waals surface area contributed by atoms with E-state index < -0.39 is 40.9 Å². The number of oxime groups is 1. The summed E-state index contributed by atoms with van der Waals surface area (Å²) in [5.74, 6) is -0.874. The summed E-state index contributed by atoms with van der Waals surface area (Å²) >= 11 is 2.45. The average Bonchev–Trinajstić information content (AvgIpc) is 3.55. The van der Waals surface area contributed by atoms with Gasteiger partial charge in [-0.15, -0.1) is 23.1 Å². The predicted octanol–water partition coefficient (Wildman–Crippen LogP) is 4.29. The predicted molar refractivity (Wildman–Crippen MR) is 191 cm³/mol. The minimum absolute atomic E-state index is 0.0338. The Labute approximate surface area is 303 Å². The zero-order valence-electron chi connectivity index (χ0n) is 29.0. The molecule has 3 heterocycles. The molecule has 0 radical (unpaired) electrons. The number of amides is 3. The second-order valence-corrected chi connectivity index (χ2v) is 14.5. The lowest BCUT2D eigenvalue weighted by molar-refractivity contribution is -0.153. The third kappa shape index (κ3) is 8.69. The molecule has 0 aliphatic carbocycles. The molecule has 14 nitrogen and oxygen atoms in total. The van der Waals surface area contributed by atoms with Gasteiger partial charge in [0.25, 0.3) is 11.8 Å². The van der Waals surface area contributed by atoms with Crippen molar-refractivity contribution in [3.8, 4) is 5.75 Å². The molecule has 0 saturated carbocycles. The van der Waals surface area contributed by atoms with E-state index in [1.165, 1.54) is 29.2 Å². The second-order valence-electron chi connectivity index (χ2n) is 12.6. The van der Waals surface area contributed by atoms with Crippen molar-refractivity contribution in [1.29, 1.82) is 0 Å². The standard InChI is InChI=1S/C35H39N5O9S2/c1-19-21(8-7-9-22(19)15-41)14-23-17-50-31-27(30(43)40(31)28(23)32(44)48-16-20-10-12-24(46-5)13-11-20)37-29(42)26(39-47-6)25-18-51-33(36-25)38-34(45)49-35(2,3)4/h7-13,18,27,31,41H,14-17H2,1-6H3,(H,37,42)(H,36,38,45)/b39-26-/t27-,31-/m1/s1. The summed E-state index contributed by atoms with van der Waals surface area (Å²) in [5, 5.41) is 20.0. The highest BCUT2D eigenvalue weighted by Gasteiger charge is 2.54. The molecule has 270 valence electrons. The molecular weight excluding hydrogens is 699 g/mol. The fourth-order valence-corrected chi connectivity index (χ4v) is 7.44. The number of rotatable bonds is 12. The van der Waals surface area contributed by atoms with Crippen LogP contribution in [0.5, 0.6) is 5.75 Å². The molecule has 2 aliphatic heterocycles. The van der Waals surface area contributed by atoms with Crippen molar-refractivity contribution in [3.63, 3.8) is 0 Å². The number of β-lactam (4-membered cyclic amide) rings is 1. The Bertz CT molecular complexity index is 1870. The molecule has 51 heavy (non-hydrogen) atoms. The van der Waals surface area contributed by atoms with Gasteiger partial charge in [-0.25, -0.2) is 14.6 Å². The lowest BCUT2D eigenvalue weighted by Crippen LogP contribution is -2.71. The van der Waals surface area contributed by atoms with Crippen molar-refractivity contribution in [2.24, 2.45) is 5.16 Å². The van der Waals surface area contributed by atoms with Crippen molar-refractivity contribution in [1.82, 2.24) is 15.2 Å². The van der Waals surface area contributed by atoms with Crippen molar-refractivity contribution < 1.29 is 43.3 Å². The number of thioether (sulfide) groups is 1. The van der Waals surface area contributed by atoms with Crippen LogP contribution in [0.2, 0.25) is 0 Å². The molecule has 3 N–H and O–H groups in total. The van der Waals surface area contributed by atoms with E-state index in [-0.39, 0.29) is 35.4 Å². The minimum Gasteiger partial charge on any atom is -0.497 e. The summed E-state index contributed by atoms with van der Waals surface area (Å²) in [5.41, 5.74) is 3.27. The van der Waals surface area contributed by atoms with Crippen LogP contribution in [0.3, 0.4) is 0 Å². The Morgan fingerprint density at radius 2 is 1.82 bits per heavy atom. The van der Waals surface area contributed by atoms with Gasteiger partial charge in [0.15, 0.2) is 10.8 Å². The van der Waals surface area contributed by atoms with Gasteiger partial charge in [-0.05, 0) is 74.1 Å². The minimum atomic E-state index is -0.993. The number of aromatic nitrogens is 1. The van der Waals surface area contributed by atoms with Crippen LogP contribution < -0.4 is 15.4 Å². The Kier molecular flexibility index (Phi) is 11.7. The largest absolute Gasteiger partial charge is 0.497 e. The topological polar surface area (TPSA) is 178 Å². The number of nitrogens with zero attached hydrogens (tertiary/aromatic N) is 3. The van der Waals surface area contributed by atoms with Crippen LogP contribution in [0, 0.1) is 6.92 Å². The van der Waals surface area contributed by atoms with Crippen LogP contribution in [-0.4, -0.2) is 81.6 Å². The van der Waals surface area contributed by atoms with Gasteiger partial charge in [0.1, 0.15) is 47.9 Å². The van der Waals surface area contributed by atoms with Crippen molar-refractivity contribution >= 4 is 57.8 Å². The van der Waals surface area contributed by atoms with Gasteiger partial charge in [0, 0.05) is 11.1 Å². The maximum Gasteiger partial charge on any atom is 0.413 e. The highest BCUT2D eigenvalue weighted by molar-refractivity contribution is 8.00. The van der Waals surface area contributed by atoms with Gasteiger partial charge >= 0.3 is 12.1 Å². The summed E-state index contributed by atoms with van der Waals surface area (Å²) in [6.45, 7) is 6.92. The molecular formula is C35H39N5O9S2. The molecule has 2 aliphatic rings. The number of thiazole rings is 1. The van der Waals surface area contributed by atoms with Crippen LogP contribution in [0.4, 0.5) is 9.93 Å². The number of methoxy groups -OCH3 is 1. The lowest BCUT2D eigenvalue weighted by atomic mass is 9.94. The molecule has 1 fully saturated rings. The van der Waals surface area contributed by atoms with Crippen LogP contribution >= 0.6 is 23.1 Å². The van der Waals surface area contributed by atoms with E-state index in [1.807, 2.05) is 25.1 Å². The number of anilines is 1. The average molecular weight is 738 g/mol. The monoisotopic (exact) mass is 737 g/mol. The number of ether oxygens (including phenoxy) is 3. The van der Waals surface area contributed by atoms with Crippen molar-refractivity contribution in [2.45, 2.75) is 64.3 Å². The first-order valence-corrected chi connectivity index (χ1v) is 17.8. The Morgan fingerprint density at radius 1 is 1.10 bits per heavy atom. The fourth-order valence-electron chi connectivity index (χ4n) is 5.41. The quantitative estimate of drug-likeness (QED) is 0.105. The van der Waals surface area contributed by atoms with E-state index in [1.54, 1.807) is 52.1 Å². The molecule has 16 heteroatoms. The highest BCUT2D eigenvalue weighted by Crippen LogP contribution is 2.42. The number of hydrogen-bond acceptors (Lipinski definition) is 13. The molecule has 5 rings (SSSR count). The molecule has 0 bridgehead atoms. The zero-order chi connectivity index (χ0) is 36.9. The molecule has 3 amide bonds. The van der Waals surface area contributed by atoms with E-state index in [2.05, 4.69) is 20.8 Å². The summed E-state index contributed by atoms with van der Waals surface area (Å²) < 4.78 is 16.2. The Balaban J connectivity index is 1.35. The molecule has 2 aromatic carbocycles. The summed E-state index contributed by atoms with van der Waals surface area (Å²) in [4.78, 5) is 63.8. The number of carbonyl (C=O) groups is 4. The Morgan fingerprint density at radius 3 is 2.49 bits per heavy atom. The van der Waals surface area contributed by atoms with Crippen LogP contribution in [0.1, 0.15) is 48.7 Å². The zero-order valence-corrected chi connectivity index (χ0v) is 30.6. The maximum absolute atomic E-state index is 13.8. The normalized spacial score (nSPS) is 17.3. The van der Waals surface area contributed by atoms with E-state index >= 15 is 0 Å². The molecule has 1 saturated heterocycles. The third-order valence-electron chi connectivity index (χ3n) is 7.94. The fraction of sp³-hybridized carbons (Fsp3) is 0.371. The van der Waals surface area contributed by atoms with Gasteiger partial charge in [0.2, 0.25) is 0 Å². The van der Waals surface area contributed by atoms with Crippen molar-refractivity contribution in [3.05, 3.63) is 87.1 Å². The SMILES string of the molecule is CO/N=C(\C(=O)N[C@@H]1C(=O)N2C(C(=O)OCc3ccc(OC)cc3)=C(Cc3cccc(CO)c3C)CS[C@H]12)c1csc(NC(=O)OC(C)(C)C)n1. The van der Waals surface area contributed by atoms with E-state index in [0.29, 0.717) is 23.5 Å². The summed E-state index contributed by atoms with van der Waals surface area (Å²) in [7, 11) is 2.83. The Hall–Kier alpha value is -4.93. The van der Waals surface area contributed by atoms with E-state index in [9.17, 15) is 24.3 Å². The number of nitrogens with one attached hydrogen (secondary N) is 2. The molecule has 3 aromatic rings. The number of fused-ring (bicyclic) bond motifs is 1. The number of aliphatic hydroxyl groups is 1. The summed E-state index contributed by atoms with van der Waals surface area (Å²) in [6, 6.07) is 11.7. The van der Waals surface area contributed by atoms with Gasteiger partial charge in [-0.3, -0.25) is 19.8 Å². The third-order valence-corrected chi connectivity index (χ3v) is 10.0. The maximum atomic E-state index is 13.8. The number of aliphatic hydroxyl groups excluding tert-OH is 1. The smallest absolute Gasteiger partial charge is 0.413 e. The second kappa shape index (κ2) is 16.0. The van der Waals surface area contributed by atoms with Crippen LogP contribution in [0.15, 0.2) is 64.3 Å². The van der Waals surface area contributed by atoms with Gasteiger partial charge in [-0.1, -0.05) is 35.5 Å². The van der Waals surface area contributed by atoms with Gasteiger partial charge < -0.3 is 29.5 Å². The molecule has 1 aromatic heterocycles. The van der Waals surface area contributed by atoms with Crippen molar-refractivity contribution in [2.75, 3.05) is 25.3 Å². The van der Waals surface area contributed by atoms with Gasteiger partial charge in [-0.2, -0.15) is 0 Å². The molecule has 0 spiro atoms. The van der Waals surface area contributed by atoms with Crippen LogP contribution in [0.25, 0.3) is 0 Å². The molecule has 0 unspecified atom stereocenters. The van der Waals surface area contributed by atoms with Gasteiger partial charge in [0.05, 0.1) is 13.7 Å². The van der Waals surface area contributed by atoms with E-state index in [4.69, 9.17) is 19.0 Å². The van der Waals surface area contributed by atoms with Crippen LogP contribution in [-0.2, 0) is 48.3 Å².